The summed E-state index contributed by atoms with van der Waals surface area (Å²) in [4.78, 5) is 24.2. The standard InChI is InChI=1S/C10H17NO4/c1-3-14-9(12)8-5-6-11(7-8)10(13)15-4-2/h8H,3-7H2,1-2H3. The highest BCUT2D eigenvalue weighted by molar-refractivity contribution is 5.75. The Morgan fingerprint density at radius 3 is 2.53 bits per heavy atom. The first-order chi connectivity index (χ1) is 7.19. The van der Waals surface area contributed by atoms with Crippen molar-refractivity contribution in [3.05, 3.63) is 0 Å². The molecule has 1 rings (SSSR count). The van der Waals surface area contributed by atoms with Gasteiger partial charge in [-0.05, 0) is 20.3 Å². The number of amides is 1. The van der Waals surface area contributed by atoms with Crippen molar-refractivity contribution in [2.24, 2.45) is 5.92 Å². The number of hydrogen-bond acceptors (Lipinski definition) is 4. The maximum atomic E-state index is 11.4. The van der Waals surface area contributed by atoms with Crippen molar-refractivity contribution in [3.8, 4) is 0 Å². The maximum absolute atomic E-state index is 11.4. The summed E-state index contributed by atoms with van der Waals surface area (Å²) in [6.45, 7) is 5.26. The molecule has 1 heterocycles. The highest BCUT2D eigenvalue weighted by atomic mass is 16.6. The molecule has 0 spiro atoms. The molecule has 1 fully saturated rings. The van der Waals surface area contributed by atoms with Crippen LogP contribution in [0.15, 0.2) is 0 Å². The van der Waals surface area contributed by atoms with Crippen molar-refractivity contribution in [1.82, 2.24) is 4.90 Å². The van der Waals surface area contributed by atoms with Crippen LogP contribution in [0.1, 0.15) is 20.3 Å². The highest BCUT2D eigenvalue weighted by Gasteiger charge is 2.32. The van der Waals surface area contributed by atoms with Crippen molar-refractivity contribution in [1.29, 1.82) is 0 Å². The molecule has 0 aromatic carbocycles. The third-order valence-electron chi connectivity index (χ3n) is 2.33. The fourth-order valence-corrected chi connectivity index (χ4v) is 1.59. The normalized spacial score (nSPS) is 20.1. The van der Waals surface area contributed by atoms with Crippen LogP contribution >= 0.6 is 0 Å². The van der Waals surface area contributed by atoms with Crippen LogP contribution in [0.4, 0.5) is 4.79 Å². The van der Waals surface area contributed by atoms with E-state index in [1.165, 1.54) is 0 Å². The number of esters is 1. The van der Waals surface area contributed by atoms with Crippen molar-refractivity contribution in [2.75, 3.05) is 26.3 Å². The molecule has 15 heavy (non-hydrogen) atoms. The third-order valence-corrected chi connectivity index (χ3v) is 2.33. The van der Waals surface area contributed by atoms with Crippen LogP contribution in [-0.4, -0.2) is 43.3 Å². The van der Waals surface area contributed by atoms with Gasteiger partial charge in [0.25, 0.3) is 0 Å². The monoisotopic (exact) mass is 215 g/mol. The second-order valence-corrected chi connectivity index (χ2v) is 3.38. The summed E-state index contributed by atoms with van der Waals surface area (Å²) in [6.07, 6.45) is 0.321. The lowest BCUT2D eigenvalue weighted by Gasteiger charge is -2.15. The number of nitrogens with zero attached hydrogens (tertiary/aromatic N) is 1. The Labute approximate surface area is 89.3 Å². The molecule has 0 aromatic heterocycles. The number of carbonyl (C=O) groups is 2. The van der Waals surface area contributed by atoms with E-state index in [1.807, 2.05) is 0 Å². The van der Waals surface area contributed by atoms with E-state index < -0.39 is 0 Å². The SMILES string of the molecule is CCOC(=O)C1CCN(C(=O)OCC)C1. The summed E-state index contributed by atoms with van der Waals surface area (Å²) in [5, 5.41) is 0. The lowest BCUT2D eigenvalue weighted by Crippen LogP contribution is -2.30. The first-order valence-corrected chi connectivity index (χ1v) is 5.27. The number of carbonyl (C=O) groups excluding carboxylic acids is 2. The lowest BCUT2D eigenvalue weighted by molar-refractivity contribution is -0.147. The number of ether oxygens (including phenoxy) is 2. The first kappa shape index (κ1) is 11.8. The molecule has 5 nitrogen and oxygen atoms in total. The zero-order chi connectivity index (χ0) is 11.3. The molecular weight excluding hydrogens is 198 g/mol. The van der Waals surface area contributed by atoms with Gasteiger partial charge in [-0.1, -0.05) is 0 Å². The Hall–Kier alpha value is -1.26. The Kier molecular flexibility index (Phi) is 4.39. The van der Waals surface area contributed by atoms with E-state index in [2.05, 4.69) is 0 Å². The van der Waals surface area contributed by atoms with Gasteiger partial charge in [-0.3, -0.25) is 4.79 Å². The molecule has 1 amide bonds. The molecule has 1 aliphatic heterocycles. The van der Waals surface area contributed by atoms with E-state index in [0.717, 1.165) is 0 Å². The molecule has 86 valence electrons. The van der Waals surface area contributed by atoms with Crippen LogP contribution < -0.4 is 0 Å². The first-order valence-electron chi connectivity index (χ1n) is 5.27. The van der Waals surface area contributed by atoms with Crippen LogP contribution in [0.5, 0.6) is 0 Å². The zero-order valence-electron chi connectivity index (χ0n) is 9.19. The van der Waals surface area contributed by atoms with Gasteiger partial charge in [0.05, 0.1) is 19.1 Å². The van der Waals surface area contributed by atoms with E-state index in [-0.39, 0.29) is 18.0 Å². The van der Waals surface area contributed by atoms with Gasteiger partial charge >= 0.3 is 12.1 Å². The van der Waals surface area contributed by atoms with Gasteiger partial charge < -0.3 is 14.4 Å². The van der Waals surface area contributed by atoms with Crippen LogP contribution in [0.3, 0.4) is 0 Å². The summed E-state index contributed by atoms with van der Waals surface area (Å²) in [7, 11) is 0. The Morgan fingerprint density at radius 2 is 1.93 bits per heavy atom. The predicted octanol–water partition coefficient (Wildman–Crippen LogP) is 1.03. The predicted molar refractivity (Wildman–Crippen MR) is 53.3 cm³/mol. The third kappa shape index (κ3) is 3.11. The molecule has 0 aromatic rings. The van der Waals surface area contributed by atoms with Gasteiger partial charge in [-0.2, -0.15) is 0 Å². The lowest BCUT2D eigenvalue weighted by atomic mass is 10.1. The molecule has 0 aliphatic carbocycles. The Balaban J connectivity index is 2.38. The molecule has 1 saturated heterocycles. The van der Waals surface area contributed by atoms with Crippen LogP contribution in [0.2, 0.25) is 0 Å². The van der Waals surface area contributed by atoms with E-state index in [4.69, 9.17) is 9.47 Å². The average Bonchev–Trinajstić information content (AvgIpc) is 2.67. The molecule has 1 atom stereocenters. The molecule has 1 aliphatic rings. The summed E-state index contributed by atoms with van der Waals surface area (Å²) < 4.78 is 9.74. The molecule has 0 bridgehead atoms. The Morgan fingerprint density at radius 1 is 1.27 bits per heavy atom. The van der Waals surface area contributed by atoms with Gasteiger partial charge in [-0.15, -0.1) is 0 Å². The van der Waals surface area contributed by atoms with E-state index in [9.17, 15) is 9.59 Å². The number of likely N-dealkylation sites (tertiary alicyclic amines) is 1. The summed E-state index contributed by atoms with van der Waals surface area (Å²) in [5.41, 5.74) is 0. The van der Waals surface area contributed by atoms with Gasteiger partial charge in [0.15, 0.2) is 0 Å². The quantitative estimate of drug-likeness (QED) is 0.660. The van der Waals surface area contributed by atoms with Gasteiger partial charge in [0.1, 0.15) is 0 Å². The second-order valence-electron chi connectivity index (χ2n) is 3.38. The molecular formula is C10H17NO4. The van der Waals surface area contributed by atoms with Gasteiger partial charge in [0.2, 0.25) is 0 Å². The van der Waals surface area contributed by atoms with Crippen molar-refractivity contribution < 1.29 is 19.1 Å². The molecule has 0 radical (unpaired) electrons. The molecule has 0 N–H and O–H groups in total. The minimum atomic E-state index is -0.343. The number of rotatable bonds is 3. The fourth-order valence-electron chi connectivity index (χ4n) is 1.59. The zero-order valence-corrected chi connectivity index (χ0v) is 9.19. The molecule has 0 saturated carbocycles. The molecule has 5 heteroatoms. The molecule has 1 unspecified atom stereocenters. The minimum Gasteiger partial charge on any atom is -0.466 e. The van der Waals surface area contributed by atoms with Crippen LogP contribution in [0, 0.1) is 5.92 Å². The van der Waals surface area contributed by atoms with Gasteiger partial charge in [-0.25, -0.2) is 4.79 Å². The summed E-state index contributed by atoms with van der Waals surface area (Å²) >= 11 is 0. The highest BCUT2D eigenvalue weighted by Crippen LogP contribution is 2.18. The Bertz CT molecular complexity index is 218. The number of hydrogen-bond donors (Lipinski definition) is 0. The summed E-state index contributed by atoms with van der Waals surface area (Å²) in [5.74, 6) is -0.404. The average molecular weight is 215 g/mol. The van der Waals surface area contributed by atoms with E-state index >= 15 is 0 Å². The topological polar surface area (TPSA) is 55.8 Å². The maximum Gasteiger partial charge on any atom is 0.409 e. The van der Waals surface area contributed by atoms with Crippen molar-refractivity contribution >= 4 is 12.1 Å². The largest absolute Gasteiger partial charge is 0.466 e. The van der Waals surface area contributed by atoms with Crippen LogP contribution in [0.25, 0.3) is 0 Å². The second kappa shape index (κ2) is 5.58. The van der Waals surface area contributed by atoms with Gasteiger partial charge in [0, 0.05) is 13.1 Å². The smallest absolute Gasteiger partial charge is 0.409 e. The van der Waals surface area contributed by atoms with E-state index in [1.54, 1.807) is 18.7 Å². The summed E-state index contributed by atoms with van der Waals surface area (Å²) in [6, 6.07) is 0. The van der Waals surface area contributed by atoms with Crippen LogP contribution in [-0.2, 0) is 14.3 Å². The fraction of sp³-hybridized carbons (Fsp3) is 0.800. The van der Waals surface area contributed by atoms with E-state index in [0.29, 0.717) is 32.7 Å². The minimum absolute atomic E-state index is 0.186. The van der Waals surface area contributed by atoms with Crippen molar-refractivity contribution in [2.45, 2.75) is 20.3 Å². The van der Waals surface area contributed by atoms with Crippen molar-refractivity contribution in [3.63, 3.8) is 0 Å².